The van der Waals surface area contributed by atoms with Crippen LogP contribution in [0.1, 0.15) is 18.9 Å². The van der Waals surface area contributed by atoms with Gasteiger partial charge in [0.1, 0.15) is 5.75 Å². The number of carbonyl (C=O) groups is 2. The van der Waals surface area contributed by atoms with Gasteiger partial charge in [-0.3, -0.25) is 9.59 Å². The maximum Gasteiger partial charge on any atom is 0.246 e. The van der Waals surface area contributed by atoms with Crippen LogP contribution in [0, 0.1) is 0 Å². The third kappa shape index (κ3) is 4.62. The lowest BCUT2D eigenvalue weighted by atomic mass is 10.2. The molecule has 2 rings (SSSR count). The van der Waals surface area contributed by atoms with E-state index in [1.165, 1.54) is 0 Å². The second-order valence-corrected chi connectivity index (χ2v) is 5.22. The summed E-state index contributed by atoms with van der Waals surface area (Å²) in [6, 6.07) is 7.67. The maximum absolute atomic E-state index is 12.1. The Kier molecular flexibility index (Phi) is 6.01. The molecule has 118 valence electrons. The Bertz CT molecular complexity index is 517. The third-order valence-electron chi connectivity index (χ3n) is 3.55. The SMILES string of the molecule is CCCOc1ccc(/C=C/C(=O)N2CCN(C=O)CC2)cc1. The van der Waals surface area contributed by atoms with E-state index in [1.54, 1.807) is 22.0 Å². The van der Waals surface area contributed by atoms with E-state index in [9.17, 15) is 9.59 Å². The topological polar surface area (TPSA) is 49.9 Å². The smallest absolute Gasteiger partial charge is 0.246 e. The molecular weight excluding hydrogens is 280 g/mol. The van der Waals surface area contributed by atoms with E-state index in [0.717, 1.165) is 24.1 Å². The molecule has 1 aromatic rings. The van der Waals surface area contributed by atoms with Crippen molar-refractivity contribution in [2.24, 2.45) is 0 Å². The molecule has 1 aliphatic heterocycles. The van der Waals surface area contributed by atoms with Crippen LogP contribution in [-0.2, 0) is 9.59 Å². The highest BCUT2D eigenvalue weighted by molar-refractivity contribution is 5.91. The van der Waals surface area contributed by atoms with Crippen LogP contribution in [0.25, 0.3) is 6.08 Å². The van der Waals surface area contributed by atoms with Crippen LogP contribution < -0.4 is 4.74 Å². The second-order valence-electron chi connectivity index (χ2n) is 5.22. The van der Waals surface area contributed by atoms with Crippen molar-refractivity contribution < 1.29 is 14.3 Å². The van der Waals surface area contributed by atoms with Crippen molar-refractivity contribution in [2.45, 2.75) is 13.3 Å². The molecule has 0 aliphatic carbocycles. The monoisotopic (exact) mass is 302 g/mol. The van der Waals surface area contributed by atoms with E-state index < -0.39 is 0 Å². The number of carbonyl (C=O) groups excluding carboxylic acids is 2. The molecule has 0 atom stereocenters. The van der Waals surface area contributed by atoms with Crippen molar-refractivity contribution in [3.05, 3.63) is 35.9 Å². The molecule has 0 saturated carbocycles. The number of piperazine rings is 1. The molecular formula is C17H22N2O3. The normalized spacial score (nSPS) is 15.1. The minimum absolute atomic E-state index is 0.0168. The summed E-state index contributed by atoms with van der Waals surface area (Å²) < 4.78 is 5.52. The fourth-order valence-corrected chi connectivity index (χ4v) is 2.22. The lowest BCUT2D eigenvalue weighted by Crippen LogP contribution is -2.47. The van der Waals surface area contributed by atoms with Crippen LogP contribution in [0.2, 0.25) is 0 Å². The van der Waals surface area contributed by atoms with Gasteiger partial charge < -0.3 is 14.5 Å². The first-order chi connectivity index (χ1) is 10.7. The first-order valence-electron chi connectivity index (χ1n) is 7.62. The highest BCUT2D eigenvalue weighted by atomic mass is 16.5. The molecule has 22 heavy (non-hydrogen) atoms. The molecule has 0 radical (unpaired) electrons. The van der Waals surface area contributed by atoms with Crippen LogP contribution in [0.3, 0.4) is 0 Å². The van der Waals surface area contributed by atoms with Crippen LogP contribution >= 0.6 is 0 Å². The Morgan fingerprint density at radius 2 is 1.86 bits per heavy atom. The van der Waals surface area contributed by atoms with Crippen molar-refractivity contribution in [3.8, 4) is 5.75 Å². The zero-order valence-electron chi connectivity index (χ0n) is 12.9. The van der Waals surface area contributed by atoms with Crippen molar-refractivity contribution in [3.63, 3.8) is 0 Å². The number of amides is 2. The standard InChI is InChI=1S/C17H22N2O3/c1-2-13-22-16-6-3-15(4-7-16)5-8-17(21)19-11-9-18(14-20)10-12-19/h3-8,14H,2,9-13H2,1H3/b8-5+. The average Bonchev–Trinajstić information content (AvgIpc) is 2.58. The highest BCUT2D eigenvalue weighted by Crippen LogP contribution is 2.13. The molecule has 1 fully saturated rings. The predicted molar refractivity (Wildman–Crippen MR) is 85.5 cm³/mol. The lowest BCUT2D eigenvalue weighted by molar-refractivity contribution is -0.130. The van der Waals surface area contributed by atoms with Gasteiger partial charge in [0, 0.05) is 32.3 Å². The Balaban J connectivity index is 1.85. The Morgan fingerprint density at radius 3 is 2.45 bits per heavy atom. The van der Waals surface area contributed by atoms with Gasteiger partial charge in [0.2, 0.25) is 12.3 Å². The number of hydrogen-bond donors (Lipinski definition) is 0. The zero-order chi connectivity index (χ0) is 15.8. The molecule has 0 unspecified atom stereocenters. The number of rotatable bonds is 6. The van der Waals surface area contributed by atoms with Crippen LogP contribution in [0.5, 0.6) is 5.75 Å². The van der Waals surface area contributed by atoms with Crippen molar-refractivity contribution in [1.29, 1.82) is 0 Å². The third-order valence-corrected chi connectivity index (χ3v) is 3.55. The van der Waals surface area contributed by atoms with Gasteiger partial charge in [-0.1, -0.05) is 19.1 Å². The van der Waals surface area contributed by atoms with Gasteiger partial charge in [-0.15, -0.1) is 0 Å². The van der Waals surface area contributed by atoms with E-state index in [2.05, 4.69) is 6.92 Å². The first kappa shape index (κ1) is 16.1. The Hall–Kier alpha value is -2.30. The highest BCUT2D eigenvalue weighted by Gasteiger charge is 2.17. The number of ether oxygens (including phenoxy) is 1. The zero-order valence-corrected chi connectivity index (χ0v) is 12.9. The number of benzene rings is 1. The van der Waals surface area contributed by atoms with Crippen molar-refractivity contribution in [1.82, 2.24) is 9.80 Å². The molecule has 0 N–H and O–H groups in total. The van der Waals surface area contributed by atoms with Gasteiger partial charge >= 0.3 is 0 Å². The van der Waals surface area contributed by atoms with Crippen LogP contribution in [0.15, 0.2) is 30.3 Å². The molecule has 5 nitrogen and oxygen atoms in total. The molecule has 2 amide bonds. The van der Waals surface area contributed by atoms with Crippen molar-refractivity contribution in [2.75, 3.05) is 32.8 Å². The van der Waals surface area contributed by atoms with Gasteiger partial charge in [0.25, 0.3) is 0 Å². The minimum Gasteiger partial charge on any atom is -0.494 e. The summed E-state index contributed by atoms with van der Waals surface area (Å²) in [5.74, 6) is 0.826. The van der Waals surface area contributed by atoms with Gasteiger partial charge in [-0.05, 0) is 30.2 Å². The van der Waals surface area contributed by atoms with E-state index >= 15 is 0 Å². The van der Waals surface area contributed by atoms with Gasteiger partial charge in [0.05, 0.1) is 6.61 Å². The van der Waals surface area contributed by atoms with Gasteiger partial charge in [-0.25, -0.2) is 0 Å². The predicted octanol–water partition coefficient (Wildman–Crippen LogP) is 1.79. The van der Waals surface area contributed by atoms with E-state index in [-0.39, 0.29) is 5.91 Å². The minimum atomic E-state index is -0.0168. The summed E-state index contributed by atoms with van der Waals surface area (Å²) >= 11 is 0. The van der Waals surface area contributed by atoms with Gasteiger partial charge in [0.15, 0.2) is 0 Å². The second kappa shape index (κ2) is 8.22. The summed E-state index contributed by atoms with van der Waals surface area (Å²) in [6.45, 7) is 5.16. The average molecular weight is 302 g/mol. The molecule has 1 aromatic carbocycles. The lowest BCUT2D eigenvalue weighted by Gasteiger charge is -2.31. The molecule has 0 aromatic heterocycles. The Labute approximate surface area is 131 Å². The summed E-state index contributed by atoms with van der Waals surface area (Å²) in [7, 11) is 0. The molecule has 5 heteroatoms. The van der Waals surface area contributed by atoms with Gasteiger partial charge in [-0.2, -0.15) is 0 Å². The van der Waals surface area contributed by atoms with E-state index in [1.807, 2.05) is 24.3 Å². The largest absolute Gasteiger partial charge is 0.494 e. The quantitative estimate of drug-likeness (QED) is 0.594. The van der Waals surface area contributed by atoms with E-state index in [0.29, 0.717) is 32.8 Å². The molecule has 1 saturated heterocycles. The van der Waals surface area contributed by atoms with E-state index in [4.69, 9.17) is 4.74 Å². The van der Waals surface area contributed by atoms with Crippen LogP contribution in [0.4, 0.5) is 0 Å². The molecule has 0 spiro atoms. The number of hydrogen-bond acceptors (Lipinski definition) is 3. The summed E-state index contributed by atoms with van der Waals surface area (Å²) in [5.41, 5.74) is 0.962. The fourth-order valence-electron chi connectivity index (χ4n) is 2.22. The van der Waals surface area contributed by atoms with Crippen molar-refractivity contribution >= 4 is 18.4 Å². The Morgan fingerprint density at radius 1 is 1.18 bits per heavy atom. The summed E-state index contributed by atoms with van der Waals surface area (Å²) in [5, 5.41) is 0. The fraction of sp³-hybridized carbons (Fsp3) is 0.412. The molecule has 0 bridgehead atoms. The van der Waals surface area contributed by atoms with Crippen LogP contribution in [-0.4, -0.2) is 54.9 Å². The first-order valence-corrected chi connectivity index (χ1v) is 7.62. The summed E-state index contributed by atoms with van der Waals surface area (Å²) in [4.78, 5) is 26.2. The number of nitrogens with zero attached hydrogens (tertiary/aromatic N) is 2. The molecule has 1 aliphatic rings. The molecule has 1 heterocycles. The maximum atomic E-state index is 12.1. The summed E-state index contributed by atoms with van der Waals surface area (Å²) in [6.07, 6.45) is 5.20.